The highest BCUT2D eigenvalue weighted by Crippen LogP contribution is 2.40. The van der Waals surface area contributed by atoms with Gasteiger partial charge < -0.3 is 4.42 Å². The van der Waals surface area contributed by atoms with E-state index >= 15 is 0 Å². The van der Waals surface area contributed by atoms with Gasteiger partial charge in [0.1, 0.15) is 11.5 Å². The second kappa shape index (κ2) is 5.41. The molecule has 0 bridgehead atoms. The molecule has 2 fully saturated rings. The zero-order valence-electron chi connectivity index (χ0n) is 12.8. The van der Waals surface area contributed by atoms with Crippen LogP contribution in [0, 0.1) is 12.3 Å². The molecule has 0 radical (unpaired) electrons. The maximum Gasteiger partial charge on any atom is 0.211 e. The van der Waals surface area contributed by atoms with E-state index in [1.807, 2.05) is 19.1 Å². The first-order valence-corrected chi connectivity index (χ1v) is 9.44. The van der Waals surface area contributed by atoms with Crippen LogP contribution in [0.5, 0.6) is 0 Å². The lowest BCUT2D eigenvalue weighted by Gasteiger charge is -2.39. The van der Waals surface area contributed by atoms with Crippen LogP contribution < -0.4 is 0 Å². The third-order valence-corrected chi connectivity index (χ3v) is 6.04. The molecule has 3 heterocycles. The average Bonchev–Trinajstić information content (AvgIpc) is 2.97. The van der Waals surface area contributed by atoms with Gasteiger partial charge in [-0.05, 0) is 50.3 Å². The topological polar surface area (TPSA) is 53.8 Å². The van der Waals surface area contributed by atoms with Gasteiger partial charge in [-0.2, -0.15) is 0 Å². The van der Waals surface area contributed by atoms with Crippen molar-refractivity contribution >= 4 is 10.0 Å². The van der Waals surface area contributed by atoms with Gasteiger partial charge in [0.15, 0.2) is 0 Å². The summed E-state index contributed by atoms with van der Waals surface area (Å²) in [6.45, 7) is 6.14. The van der Waals surface area contributed by atoms with Crippen LogP contribution in [0.25, 0.3) is 0 Å². The number of likely N-dealkylation sites (tertiary alicyclic amines) is 1. The number of nitrogens with zero attached hydrogens (tertiary/aromatic N) is 2. The predicted molar refractivity (Wildman–Crippen MR) is 81.4 cm³/mol. The smallest absolute Gasteiger partial charge is 0.211 e. The average molecular weight is 312 g/mol. The number of rotatable bonds is 3. The van der Waals surface area contributed by atoms with Gasteiger partial charge >= 0.3 is 0 Å². The fourth-order valence-electron chi connectivity index (χ4n) is 3.73. The van der Waals surface area contributed by atoms with Crippen LogP contribution in [-0.2, 0) is 16.6 Å². The van der Waals surface area contributed by atoms with Gasteiger partial charge in [-0.1, -0.05) is 0 Å². The first-order valence-electron chi connectivity index (χ1n) is 7.59. The zero-order valence-corrected chi connectivity index (χ0v) is 13.7. The summed E-state index contributed by atoms with van der Waals surface area (Å²) in [5.74, 6) is 1.94. The van der Waals surface area contributed by atoms with Crippen LogP contribution in [0.1, 0.15) is 30.8 Å². The molecule has 1 aromatic heterocycles. The first-order chi connectivity index (χ1) is 9.86. The van der Waals surface area contributed by atoms with E-state index < -0.39 is 10.0 Å². The van der Waals surface area contributed by atoms with Crippen molar-refractivity contribution in [3.8, 4) is 0 Å². The Morgan fingerprint density at radius 2 is 2.05 bits per heavy atom. The van der Waals surface area contributed by atoms with Crippen LogP contribution in [0.3, 0.4) is 0 Å². The largest absolute Gasteiger partial charge is 0.465 e. The molecule has 0 aliphatic carbocycles. The number of aryl methyl sites for hydroxylation is 1. The van der Waals surface area contributed by atoms with Gasteiger partial charge in [-0.15, -0.1) is 0 Å². The van der Waals surface area contributed by atoms with Crippen molar-refractivity contribution in [3.05, 3.63) is 23.7 Å². The Hall–Kier alpha value is -0.850. The number of furan rings is 1. The van der Waals surface area contributed by atoms with Crippen molar-refractivity contribution in [1.82, 2.24) is 9.21 Å². The molecule has 5 nitrogen and oxygen atoms in total. The van der Waals surface area contributed by atoms with Crippen molar-refractivity contribution in [1.29, 1.82) is 0 Å². The summed E-state index contributed by atoms with van der Waals surface area (Å²) in [7, 11) is -3.07. The zero-order chi connectivity index (χ0) is 15.1. The van der Waals surface area contributed by atoms with Gasteiger partial charge in [0.2, 0.25) is 10.0 Å². The molecule has 1 aromatic rings. The molecule has 0 saturated carbocycles. The molecule has 1 atom stereocenters. The quantitative estimate of drug-likeness (QED) is 0.854. The Labute approximate surface area is 127 Å². The molecule has 0 unspecified atom stereocenters. The van der Waals surface area contributed by atoms with Gasteiger partial charge in [0, 0.05) is 19.6 Å². The SMILES string of the molecule is Cc1ccc(CN2CC[C@]3(CCCN(S(C)(=O)=O)C3)C2)o1. The standard InChI is InChI=1S/C15H24N2O3S/c1-13-4-5-14(20-13)10-16-9-7-15(11-16)6-3-8-17(12-15)21(2,18)19/h4-5H,3,6-12H2,1-2H3/t15-/m1/s1. The number of hydrogen-bond acceptors (Lipinski definition) is 4. The van der Waals surface area contributed by atoms with Gasteiger partial charge in [-0.3, -0.25) is 4.90 Å². The molecule has 6 heteroatoms. The minimum atomic E-state index is -3.07. The predicted octanol–water partition coefficient (Wildman–Crippen LogP) is 1.84. The Morgan fingerprint density at radius 3 is 2.71 bits per heavy atom. The lowest BCUT2D eigenvalue weighted by atomic mass is 9.80. The van der Waals surface area contributed by atoms with Gasteiger partial charge in [-0.25, -0.2) is 12.7 Å². The van der Waals surface area contributed by atoms with Crippen molar-refractivity contribution in [3.63, 3.8) is 0 Å². The van der Waals surface area contributed by atoms with E-state index in [-0.39, 0.29) is 5.41 Å². The van der Waals surface area contributed by atoms with Crippen LogP contribution in [0.2, 0.25) is 0 Å². The summed E-state index contributed by atoms with van der Waals surface area (Å²) in [6.07, 6.45) is 4.51. The van der Waals surface area contributed by atoms with E-state index in [1.165, 1.54) is 6.26 Å². The van der Waals surface area contributed by atoms with Crippen molar-refractivity contribution in [2.75, 3.05) is 32.4 Å². The molecule has 118 valence electrons. The summed E-state index contributed by atoms with van der Waals surface area (Å²) in [5.41, 5.74) is 0.142. The lowest BCUT2D eigenvalue weighted by Crippen LogP contribution is -2.46. The van der Waals surface area contributed by atoms with Crippen LogP contribution in [0.4, 0.5) is 0 Å². The van der Waals surface area contributed by atoms with E-state index in [0.717, 1.165) is 50.4 Å². The molecule has 0 aromatic carbocycles. The molecule has 0 amide bonds. The number of piperidine rings is 1. The summed E-state index contributed by atoms with van der Waals surface area (Å²) in [4.78, 5) is 2.39. The minimum absolute atomic E-state index is 0.142. The Kier molecular flexibility index (Phi) is 3.88. The molecule has 3 rings (SSSR count). The Bertz CT molecular complexity index is 610. The number of sulfonamides is 1. The maximum absolute atomic E-state index is 11.8. The lowest BCUT2D eigenvalue weighted by molar-refractivity contribution is 0.144. The van der Waals surface area contributed by atoms with Crippen molar-refractivity contribution in [2.24, 2.45) is 5.41 Å². The summed E-state index contributed by atoms with van der Waals surface area (Å²) >= 11 is 0. The monoisotopic (exact) mass is 312 g/mol. The molecular formula is C15H24N2O3S. The van der Waals surface area contributed by atoms with E-state index in [9.17, 15) is 8.42 Å². The highest BCUT2D eigenvalue weighted by Gasteiger charge is 2.43. The molecule has 2 saturated heterocycles. The number of hydrogen-bond donors (Lipinski definition) is 0. The summed E-state index contributed by atoms with van der Waals surface area (Å²) in [6, 6.07) is 4.02. The second-order valence-electron chi connectivity index (χ2n) is 6.67. The van der Waals surface area contributed by atoms with E-state index in [4.69, 9.17) is 4.42 Å². The minimum Gasteiger partial charge on any atom is -0.465 e. The van der Waals surface area contributed by atoms with Crippen LogP contribution in [-0.4, -0.2) is 50.1 Å². The normalized spacial score (nSPS) is 28.5. The van der Waals surface area contributed by atoms with Crippen molar-refractivity contribution < 1.29 is 12.8 Å². The molecule has 1 spiro atoms. The molecular weight excluding hydrogens is 288 g/mol. The van der Waals surface area contributed by atoms with Crippen LogP contribution in [0.15, 0.2) is 16.5 Å². The third-order valence-electron chi connectivity index (χ3n) is 4.79. The summed E-state index contributed by atoms with van der Waals surface area (Å²) in [5, 5.41) is 0. The fourth-order valence-corrected chi connectivity index (χ4v) is 4.70. The highest BCUT2D eigenvalue weighted by molar-refractivity contribution is 7.88. The van der Waals surface area contributed by atoms with Gasteiger partial charge in [0.05, 0.1) is 12.8 Å². The first kappa shape index (κ1) is 15.1. The summed E-state index contributed by atoms with van der Waals surface area (Å²) < 4.78 is 30.9. The highest BCUT2D eigenvalue weighted by atomic mass is 32.2. The van der Waals surface area contributed by atoms with E-state index in [2.05, 4.69) is 4.90 Å². The maximum atomic E-state index is 11.8. The molecule has 21 heavy (non-hydrogen) atoms. The van der Waals surface area contributed by atoms with E-state index in [0.29, 0.717) is 13.1 Å². The molecule has 0 N–H and O–H groups in total. The van der Waals surface area contributed by atoms with Crippen LogP contribution >= 0.6 is 0 Å². The third kappa shape index (κ3) is 3.33. The Morgan fingerprint density at radius 1 is 1.24 bits per heavy atom. The molecule has 2 aliphatic rings. The second-order valence-corrected chi connectivity index (χ2v) is 8.66. The van der Waals surface area contributed by atoms with Crippen molar-refractivity contribution in [2.45, 2.75) is 32.7 Å². The van der Waals surface area contributed by atoms with Gasteiger partial charge in [0.25, 0.3) is 0 Å². The Balaban J connectivity index is 1.65. The molecule has 2 aliphatic heterocycles. The fraction of sp³-hybridized carbons (Fsp3) is 0.733. The van der Waals surface area contributed by atoms with E-state index in [1.54, 1.807) is 4.31 Å².